The smallest absolute Gasteiger partial charge is 0.315 e. The van der Waals surface area contributed by atoms with Crippen LogP contribution in [0.15, 0.2) is 24.3 Å². The number of ether oxygens (including phenoxy) is 1. The zero-order valence-electron chi connectivity index (χ0n) is 15.2. The number of amides is 1. The number of anilines is 3. The minimum absolute atomic E-state index is 0.176. The van der Waals surface area contributed by atoms with Crippen molar-refractivity contribution in [3.8, 4) is 0 Å². The highest BCUT2D eigenvalue weighted by atomic mass is 35.5. The molecule has 1 fully saturated rings. The Kier molecular flexibility index (Phi) is 6.25. The number of hydrogen-bond donors (Lipinski definition) is 2. The Hall–Kier alpha value is -2.52. The molecule has 10 heteroatoms. The van der Waals surface area contributed by atoms with Crippen LogP contribution in [0.5, 0.6) is 0 Å². The first-order valence-corrected chi connectivity index (χ1v) is 9.07. The summed E-state index contributed by atoms with van der Waals surface area (Å²) < 4.78 is 30.6. The summed E-state index contributed by atoms with van der Waals surface area (Å²) >= 11 is 6.42. The lowest BCUT2D eigenvalue weighted by atomic mass is 10.0. The monoisotopic (exact) mass is 411 g/mol. The van der Waals surface area contributed by atoms with Crippen LogP contribution in [0, 0.1) is 6.92 Å². The van der Waals surface area contributed by atoms with Crippen LogP contribution in [0.2, 0.25) is 5.02 Å². The number of carbonyl (C=O) groups excluding carboxylic acids is 1. The lowest BCUT2D eigenvalue weighted by molar-refractivity contribution is -0.126. The molecule has 0 radical (unpaired) electrons. The Labute approximate surface area is 165 Å². The molecule has 0 bridgehead atoms. The van der Waals surface area contributed by atoms with Crippen LogP contribution >= 0.6 is 11.6 Å². The van der Waals surface area contributed by atoms with Crippen LogP contribution in [0.4, 0.5) is 26.2 Å². The van der Waals surface area contributed by atoms with Gasteiger partial charge in [-0.05, 0) is 31.0 Å². The molecule has 0 saturated carbocycles. The maximum absolute atomic E-state index is 12.4. The van der Waals surface area contributed by atoms with Crippen LogP contribution in [0.3, 0.4) is 0 Å². The van der Waals surface area contributed by atoms with Gasteiger partial charge in [-0.25, -0.2) is 4.98 Å². The maximum atomic E-state index is 12.4. The largest absolute Gasteiger partial charge is 0.379 e. The fourth-order valence-corrected chi connectivity index (χ4v) is 3.41. The molecule has 1 saturated heterocycles. The molecule has 2 heterocycles. The van der Waals surface area contributed by atoms with Crippen molar-refractivity contribution in [2.75, 3.05) is 35.7 Å². The maximum Gasteiger partial charge on any atom is 0.315 e. The van der Waals surface area contributed by atoms with Crippen molar-refractivity contribution in [3.63, 3.8) is 0 Å². The molecular weight excluding hydrogens is 392 g/mol. The Morgan fingerprint density at radius 2 is 2.18 bits per heavy atom. The van der Waals surface area contributed by atoms with Gasteiger partial charge in [-0.3, -0.25) is 4.79 Å². The third-order valence-corrected chi connectivity index (χ3v) is 4.64. The quantitative estimate of drug-likeness (QED) is 0.802. The average molecular weight is 412 g/mol. The number of hydrogen-bond acceptors (Lipinski definition) is 6. The number of carbonyl (C=O) groups is 1. The summed E-state index contributed by atoms with van der Waals surface area (Å²) in [6.07, 6.45) is -2.31. The van der Waals surface area contributed by atoms with Crippen LogP contribution in [0.25, 0.3) is 0 Å². The van der Waals surface area contributed by atoms with E-state index in [-0.39, 0.29) is 17.7 Å². The number of alkyl halides is 2. The van der Waals surface area contributed by atoms with Crippen molar-refractivity contribution in [1.29, 1.82) is 0 Å². The zero-order valence-corrected chi connectivity index (χ0v) is 15.9. The molecular formula is C18H20ClF2N5O2. The summed E-state index contributed by atoms with van der Waals surface area (Å²) in [6.45, 7) is 3.46. The average Bonchev–Trinajstić information content (AvgIpc) is 2.87. The summed E-state index contributed by atoms with van der Waals surface area (Å²) in [5, 5.41) is 2.45. The summed E-state index contributed by atoms with van der Waals surface area (Å²) in [7, 11) is 0. The number of halogens is 3. The molecule has 1 aromatic heterocycles. The number of nitrogen functional groups attached to an aromatic ring is 1. The van der Waals surface area contributed by atoms with E-state index in [1.54, 1.807) is 6.07 Å². The zero-order chi connectivity index (χ0) is 20.3. The number of aromatic nitrogens is 2. The summed E-state index contributed by atoms with van der Waals surface area (Å²) in [4.78, 5) is 21.7. The van der Waals surface area contributed by atoms with Crippen molar-refractivity contribution in [2.45, 2.75) is 25.8 Å². The van der Waals surface area contributed by atoms with Crippen molar-refractivity contribution in [1.82, 2.24) is 9.97 Å². The minimum atomic E-state index is -3.10. The van der Waals surface area contributed by atoms with Gasteiger partial charge in [0.05, 0.1) is 12.6 Å². The molecule has 3 N–H and O–H groups in total. The molecule has 0 spiro atoms. The first kappa shape index (κ1) is 20.2. The van der Waals surface area contributed by atoms with Gasteiger partial charge in [0, 0.05) is 35.6 Å². The standard InChI is InChI=1S/C18H20ClF2N5O2/c1-10-7-15(25-18(22)23-10)26-5-2-6-28-9-14(26)12-4-3-11(8-13(12)19)24-17(27)16(20)21/h3-4,7-8,14,16H,2,5-6,9H2,1H3,(H,24,27)(H2,22,23,25)/t14-/m1/s1. The van der Waals surface area contributed by atoms with Crippen LogP contribution in [0.1, 0.15) is 23.7 Å². The van der Waals surface area contributed by atoms with E-state index in [0.29, 0.717) is 30.6 Å². The Morgan fingerprint density at radius 1 is 1.39 bits per heavy atom. The third-order valence-electron chi connectivity index (χ3n) is 4.32. The molecule has 0 aliphatic carbocycles. The minimum Gasteiger partial charge on any atom is -0.379 e. The van der Waals surface area contributed by atoms with Gasteiger partial charge in [0.25, 0.3) is 5.91 Å². The van der Waals surface area contributed by atoms with Gasteiger partial charge in [0.2, 0.25) is 5.95 Å². The van der Waals surface area contributed by atoms with Crippen molar-refractivity contribution >= 4 is 35.0 Å². The Morgan fingerprint density at radius 3 is 2.86 bits per heavy atom. The number of nitrogens with one attached hydrogen (secondary N) is 1. The predicted octanol–water partition coefficient (Wildman–Crippen LogP) is 3.19. The molecule has 3 rings (SSSR count). The SMILES string of the molecule is Cc1cc(N2CCCOC[C@@H]2c2ccc(NC(=O)C(F)F)cc2Cl)nc(N)n1. The lowest BCUT2D eigenvalue weighted by Crippen LogP contribution is -2.32. The molecule has 7 nitrogen and oxygen atoms in total. The van der Waals surface area contributed by atoms with E-state index in [0.717, 1.165) is 17.7 Å². The van der Waals surface area contributed by atoms with E-state index in [4.69, 9.17) is 22.1 Å². The molecule has 2 aromatic rings. The van der Waals surface area contributed by atoms with E-state index in [2.05, 4.69) is 15.3 Å². The molecule has 0 unspecified atom stereocenters. The normalized spacial score (nSPS) is 17.5. The molecule has 1 amide bonds. The van der Waals surface area contributed by atoms with Gasteiger partial charge in [-0.2, -0.15) is 13.8 Å². The highest BCUT2D eigenvalue weighted by Gasteiger charge is 2.27. The second kappa shape index (κ2) is 8.66. The molecule has 1 aromatic carbocycles. The fraction of sp³-hybridized carbons (Fsp3) is 0.389. The second-order valence-electron chi connectivity index (χ2n) is 6.39. The second-order valence-corrected chi connectivity index (χ2v) is 6.80. The van der Waals surface area contributed by atoms with E-state index < -0.39 is 12.3 Å². The highest BCUT2D eigenvalue weighted by molar-refractivity contribution is 6.31. The van der Waals surface area contributed by atoms with E-state index in [9.17, 15) is 13.6 Å². The van der Waals surface area contributed by atoms with Crippen LogP contribution in [-0.2, 0) is 9.53 Å². The summed E-state index contributed by atoms with van der Waals surface area (Å²) in [5.41, 5.74) is 7.47. The first-order valence-electron chi connectivity index (χ1n) is 8.69. The van der Waals surface area contributed by atoms with E-state index in [1.165, 1.54) is 12.1 Å². The molecule has 150 valence electrons. The number of benzene rings is 1. The predicted molar refractivity (Wildman–Crippen MR) is 103 cm³/mol. The van der Waals surface area contributed by atoms with Gasteiger partial charge in [-0.1, -0.05) is 17.7 Å². The first-order chi connectivity index (χ1) is 13.3. The third kappa shape index (κ3) is 4.66. The Bertz CT molecular complexity index is 848. The number of nitrogens with two attached hydrogens (primary N) is 1. The van der Waals surface area contributed by atoms with Crippen molar-refractivity contribution in [3.05, 3.63) is 40.5 Å². The lowest BCUT2D eigenvalue weighted by Gasteiger charge is -2.31. The molecule has 1 atom stereocenters. The van der Waals surface area contributed by atoms with Crippen molar-refractivity contribution in [2.24, 2.45) is 0 Å². The van der Waals surface area contributed by atoms with Gasteiger partial charge in [0.15, 0.2) is 0 Å². The van der Waals surface area contributed by atoms with Gasteiger partial charge in [0.1, 0.15) is 5.82 Å². The van der Waals surface area contributed by atoms with Gasteiger partial charge < -0.3 is 20.7 Å². The molecule has 1 aliphatic rings. The fourth-order valence-electron chi connectivity index (χ4n) is 3.10. The molecule has 28 heavy (non-hydrogen) atoms. The van der Waals surface area contributed by atoms with Gasteiger partial charge in [-0.15, -0.1) is 0 Å². The number of nitrogens with zero attached hydrogens (tertiary/aromatic N) is 3. The van der Waals surface area contributed by atoms with Crippen LogP contribution < -0.4 is 16.0 Å². The van der Waals surface area contributed by atoms with E-state index >= 15 is 0 Å². The number of rotatable bonds is 4. The summed E-state index contributed by atoms with van der Waals surface area (Å²) in [5.74, 6) is -0.545. The molecule has 1 aliphatic heterocycles. The van der Waals surface area contributed by atoms with Crippen LogP contribution in [-0.4, -0.2) is 42.1 Å². The topological polar surface area (TPSA) is 93.4 Å². The van der Waals surface area contributed by atoms with E-state index in [1.807, 2.05) is 17.9 Å². The Balaban J connectivity index is 1.93. The highest BCUT2D eigenvalue weighted by Crippen LogP contribution is 2.34. The number of aryl methyl sites for hydroxylation is 1. The van der Waals surface area contributed by atoms with Gasteiger partial charge >= 0.3 is 6.43 Å². The van der Waals surface area contributed by atoms with Crippen molar-refractivity contribution < 1.29 is 18.3 Å². The summed E-state index contributed by atoms with van der Waals surface area (Å²) in [6, 6.07) is 6.24.